The SMILES string of the molecule is Cc1cccc(OCc2cccc(C(=O)O)c2)c1. The normalized spacial score (nSPS) is 10.1. The fourth-order valence-electron chi connectivity index (χ4n) is 1.67. The zero-order valence-electron chi connectivity index (χ0n) is 10.1. The maximum Gasteiger partial charge on any atom is 0.335 e. The molecule has 0 saturated heterocycles. The summed E-state index contributed by atoms with van der Waals surface area (Å²) in [5.74, 6) is -0.136. The lowest BCUT2D eigenvalue weighted by Crippen LogP contribution is -2.00. The van der Waals surface area contributed by atoms with Gasteiger partial charge in [-0.15, -0.1) is 0 Å². The number of hydrogen-bond donors (Lipinski definition) is 1. The molecular weight excluding hydrogens is 228 g/mol. The van der Waals surface area contributed by atoms with Crippen LogP contribution in [0.1, 0.15) is 21.5 Å². The monoisotopic (exact) mass is 242 g/mol. The van der Waals surface area contributed by atoms with Crippen LogP contribution in [0.15, 0.2) is 48.5 Å². The Morgan fingerprint density at radius 1 is 1.17 bits per heavy atom. The Kier molecular flexibility index (Phi) is 3.63. The molecule has 2 aromatic carbocycles. The number of benzene rings is 2. The molecule has 0 amide bonds. The summed E-state index contributed by atoms with van der Waals surface area (Å²) in [6.45, 7) is 2.36. The molecule has 0 atom stereocenters. The van der Waals surface area contributed by atoms with E-state index in [-0.39, 0.29) is 5.56 Å². The van der Waals surface area contributed by atoms with Gasteiger partial charge in [-0.2, -0.15) is 0 Å². The third kappa shape index (κ3) is 3.10. The average molecular weight is 242 g/mol. The van der Waals surface area contributed by atoms with E-state index in [1.165, 1.54) is 0 Å². The fraction of sp³-hybridized carbons (Fsp3) is 0.133. The average Bonchev–Trinajstić information content (AvgIpc) is 2.37. The van der Waals surface area contributed by atoms with Gasteiger partial charge in [-0.1, -0.05) is 24.3 Å². The summed E-state index contributed by atoms with van der Waals surface area (Å²) in [7, 11) is 0. The van der Waals surface area contributed by atoms with E-state index in [4.69, 9.17) is 9.84 Å². The molecule has 0 spiro atoms. The quantitative estimate of drug-likeness (QED) is 0.895. The van der Waals surface area contributed by atoms with Gasteiger partial charge in [0.15, 0.2) is 0 Å². The van der Waals surface area contributed by atoms with Crippen molar-refractivity contribution in [2.24, 2.45) is 0 Å². The van der Waals surface area contributed by atoms with Crippen LogP contribution in [0.4, 0.5) is 0 Å². The molecule has 0 unspecified atom stereocenters. The first-order chi connectivity index (χ1) is 8.65. The molecule has 0 bridgehead atoms. The molecule has 2 aromatic rings. The second-order valence-electron chi connectivity index (χ2n) is 4.11. The molecule has 0 aliphatic carbocycles. The molecule has 2 rings (SSSR count). The first kappa shape index (κ1) is 12.2. The van der Waals surface area contributed by atoms with Gasteiger partial charge in [0, 0.05) is 0 Å². The molecule has 3 nitrogen and oxygen atoms in total. The van der Waals surface area contributed by atoms with Crippen LogP contribution in [0, 0.1) is 6.92 Å². The van der Waals surface area contributed by atoms with E-state index in [1.807, 2.05) is 37.3 Å². The highest BCUT2D eigenvalue weighted by Crippen LogP contribution is 2.15. The van der Waals surface area contributed by atoms with Crippen LogP contribution in [-0.4, -0.2) is 11.1 Å². The van der Waals surface area contributed by atoms with Gasteiger partial charge >= 0.3 is 5.97 Å². The summed E-state index contributed by atoms with van der Waals surface area (Å²) in [4.78, 5) is 10.8. The fourth-order valence-corrected chi connectivity index (χ4v) is 1.67. The molecule has 0 aliphatic rings. The van der Waals surface area contributed by atoms with Gasteiger partial charge in [0.25, 0.3) is 0 Å². The van der Waals surface area contributed by atoms with Crippen LogP contribution >= 0.6 is 0 Å². The predicted molar refractivity (Wildman–Crippen MR) is 68.9 cm³/mol. The highest BCUT2D eigenvalue weighted by atomic mass is 16.5. The van der Waals surface area contributed by atoms with Crippen molar-refractivity contribution in [1.82, 2.24) is 0 Å². The Balaban J connectivity index is 2.06. The zero-order valence-corrected chi connectivity index (χ0v) is 10.1. The Morgan fingerprint density at radius 3 is 2.67 bits per heavy atom. The Morgan fingerprint density at radius 2 is 1.94 bits per heavy atom. The number of rotatable bonds is 4. The number of ether oxygens (including phenoxy) is 1. The van der Waals surface area contributed by atoms with E-state index in [0.717, 1.165) is 16.9 Å². The molecule has 0 saturated carbocycles. The Bertz CT molecular complexity index is 561. The molecule has 0 aliphatic heterocycles. The first-order valence-electron chi connectivity index (χ1n) is 5.67. The lowest BCUT2D eigenvalue weighted by atomic mass is 10.1. The first-order valence-corrected chi connectivity index (χ1v) is 5.67. The van der Waals surface area contributed by atoms with Gasteiger partial charge in [-0.25, -0.2) is 4.79 Å². The summed E-state index contributed by atoms with van der Waals surface area (Å²) in [6, 6.07) is 14.5. The van der Waals surface area contributed by atoms with Gasteiger partial charge in [-0.3, -0.25) is 0 Å². The van der Waals surface area contributed by atoms with Crippen molar-refractivity contribution >= 4 is 5.97 Å². The summed E-state index contributed by atoms with van der Waals surface area (Å²) in [5.41, 5.74) is 2.25. The Hall–Kier alpha value is -2.29. The smallest absolute Gasteiger partial charge is 0.335 e. The molecule has 92 valence electrons. The van der Waals surface area contributed by atoms with Crippen molar-refractivity contribution in [3.8, 4) is 5.75 Å². The largest absolute Gasteiger partial charge is 0.489 e. The van der Waals surface area contributed by atoms with E-state index in [2.05, 4.69) is 0 Å². The minimum Gasteiger partial charge on any atom is -0.489 e. The highest BCUT2D eigenvalue weighted by Gasteiger charge is 2.03. The van der Waals surface area contributed by atoms with Crippen molar-refractivity contribution in [1.29, 1.82) is 0 Å². The van der Waals surface area contributed by atoms with Crippen molar-refractivity contribution < 1.29 is 14.6 Å². The molecule has 3 heteroatoms. The lowest BCUT2D eigenvalue weighted by molar-refractivity contribution is 0.0696. The minimum atomic E-state index is -0.924. The van der Waals surface area contributed by atoms with Gasteiger partial charge in [0.1, 0.15) is 12.4 Å². The third-order valence-electron chi connectivity index (χ3n) is 2.57. The predicted octanol–water partition coefficient (Wildman–Crippen LogP) is 3.27. The van der Waals surface area contributed by atoms with E-state index in [9.17, 15) is 4.79 Å². The number of aryl methyl sites for hydroxylation is 1. The number of aromatic carboxylic acids is 1. The van der Waals surface area contributed by atoms with Crippen LogP contribution in [0.3, 0.4) is 0 Å². The molecule has 18 heavy (non-hydrogen) atoms. The second kappa shape index (κ2) is 5.36. The van der Waals surface area contributed by atoms with Crippen molar-refractivity contribution in [3.05, 3.63) is 65.2 Å². The maximum atomic E-state index is 10.8. The van der Waals surface area contributed by atoms with Gasteiger partial charge in [-0.05, 0) is 42.3 Å². The van der Waals surface area contributed by atoms with Crippen LogP contribution < -0.4 is 4.74 Å². The molecule has 0 fully saturated rings. The van der Waals surface area contributed by atoms with Crippen LogP contribution in [0.5, 0.6) is 5.75 Å². The zero-order chi connectivity index (χ0) is 13.0. The summed E-state index contributed by atoms with van der Waals surface area (Å²) in [5, 5.41) is 8.89. The summed E-state index contributed by atoms with van der Waals surface area (Å²) >= 11 is 0. The standard InChI is InChI=1S/C15H14O3/c1-11-4-2-7-14(8-11)18-10-12-5-3-6-13(9-12)15(16)17/h2-9H,10H2,1H3,(H,16,17). The van der Waals surface area contributed by atoms with E-state index >= 15 is 0 Å². The molecular formula is C15H14O3. The minimum absolute atomic E-state index is 0.278. The third-order valence-corrected chi connectivity index (χ3v) is 2.57. The lowest BCUT2D eigenvalue weighted by Gasteiger charge is -2.07. The molecule has 0 heterocycles. The van der Waals surface area contributed by atoms with E-state index in [0.29, 0.717) is 6.61 Å². The van der Waals surface area contributed by atoms with Gasteiger partial charge < -0.3 is 9.84 Å². The molecule has 0 radical (unpaired) electrons. The molecule has 0 aromatic heterocycles. The topological polar surface area (TPSA) is 46.5 Å². The highest BCUT2D eigenvalue weighted by molar-refractivity contribution is 5.87. The van der Waals surface area contributed by atoms with Crippen molar-refractivity contribution in [2.75, 3.05) is 0 Å². The van der Waals surface area contributed by atoms with Gasteiger partial charge in [0.2, 0.25) is 0 Å². The van der Waals surface area contributed by atoms with E-state index < -0.39 is 5.97 Å². The van der Waals surface area contributed by atoms with Crippen molar-refractivity contribution in [2.45, 2.75) is 13.5 Å². The maximum absolute atomic E-state index is 10.8. The summed E-state index contributed by atoms with van der Waals surface area (Å²) < 4.78 is 5.61. The van der Waals surface area contributed by atoms with E-state index in [1.54, 1.807) is 18.2 Å². The number of carboxylic acids is 1. The number of carbonyl (C=O) groups is 1. The van der Waals surface area contributed by atoms with Gasteiger partial charge in [0.05, 0.1) is 5.56 Å². The summed E-state index contributed by atoms with van der Waals surface area (Å²) in [6.07, 6.45) is 0. The Labute approximate surface area is 106 Å². The van der Waals surface area contributed by atoms with Crippen LogP contribution in [0.2, 0.25) is 0 Å². The van der Waals surface area contributed by atoms with Crippen LogP contribution in [0.25, 0.3) is 0 Å². The van der Waals surface area contributed by atoms with Crippen molar-refractivity contribution in [3.63, 3.8) is 0 Å². The number of carboxylic acid groups (broad SMARTS) is 1. The van der Waals surface area contributed by atoms with Crippen LogP contribution in [-0.2, 0) is 6.61 Å². The molecule has 1 N–H and O–H groups in total. The second-order valence-corrected chi connectivity index (χ2v) is 4.11. The number of hydrogen-bond acceptors (Lipinski definition) is 2.